The topological polar surface area (TPSA) is 87.5 Å². The normalized spacial score (nSPS) is 15.5. The minimum atomic E-state index is -2.16. The molecular weight excluding hydrogens is 379 g/mol. The molecule has 4 rings (SSSR count). The van der Waals surface area contributed by atoms with Gasteiger partial charge in [0.05, 0.1) is 37.0 Å². The van der Waals surface area contributed by atoms with Crippen molar-refractivity contribution in [3.05, 3.63) is 47.5 Å². The first-order valence-corrected chi connectivity index (χ1v) is 10.1. The van der Waals surface area contributed by atoms with Crippen LogP contribution in [0.15, 0.2) is 41.0 Å². The second-order valence-electron chi connectivity index (χ2n) is 5.96. The fourth-order valence-corrected chi connectivity index (χ4v) is 4.44. The quantitative estimate of drug-likeness (QED) is 0.646. The lowest BCUT2D eigenvalue weighted by atomic mass is 10.2. The van der Waals surface area contributed by atoms with Gasteiger partial charge < -0.3 is 10.4 Å². The molecule has 1 aliphatic heterocycles. The fourth-order valence-electron chi connectivity index (χ4n) is 2.69. The highest BCUT2D eigenvalue weighted by Crippen LogP contribution is 2.36. The molecule has 2 N–H and O–H groups in total. The molecule has 1 saturated heterocycles. The van der Waals surface area contributed by atoms with E-state index in [4.69, 9.17) is 11.6 Å². The molecule has 0 bridgehead atoms. The molecule has 2 aromatic carbocycles. The number of benzene rings is 2. The Morgan fingerprint density at radius 1 is 1.23 bits per heavy atom. The van der Waals surface area contributed by atoms with E-state index in [2.05, 4.69) is 19.6 Å². The molecule has 0 radical (unpaired) electrons. The predicted octanol–water partition coefficient (Wildman–Crippen LogP) is 4.37. The largest absolute Gasteiger partial charge is 0.506 e. The van der Waals surface area contributed by atoms with Crippen LogP contribution in [0.2, 0.25) is 5.02 Å². The van der Waals surface area contributed by atoms with Crippen LogP contribution in [0.4, 0.5) is 21.6 Å². The van der Waals surface area contributed by atoms with Gasteiger partial charge in [0.1, 0.15) is 23.7 Å². The van der Waals surface area contributed by atoms with E-state index in [0.717, 1.165) is 12.5 Å². The van der Waals surface area contributed by atoms with E-state index >= 15 is 0 Å². The maximum atomic E-state index is 13.1. The Morgan fingerprint density at radius 3 is 2.73 bits per heavy atom. The van der Waals surface area contributed by atoms with Gasteiger partial charge in [-0.15, -0.1) is 0 Å². The van der Waals surface area contributed by atoms with Crippen molar-refractivity contribution in [3.8, 4) is 5.75 Å². The number of hydrogen-bond donors (Lipinski definition) is 2. The Hall–Kier alpha value is -2.45. The molecule has 1 aliphatic rings. The summed E-state index contributed by atoms with van der Waals surface area (Å²) in [5.41, 5.74) is 1.33. The van der Waals surface area contributed by atoms with Gasteiger partial charge in [-0.25, -0.2) is 18.6 Å². The van der Waals surface area contributed by atoms with E-state index in [1.165, 1.54) is 18.5 Å². The van der Waals surface area contributed by atoms with Crippen molar-refractivity contribution in [1.82, 2.24) is 9.97 Å². The third-order valence-electron chi connectivity index (χ3n) is 4.09. The summed E-state index contributed by atoms with van der Waals surface area (Å²) in [7, 11) is -2.16. The molecule has 1 aromatic heterocycles. The Bertz CT molecular complexity index is 1140. The van der Waals surface area contributed by atoms with E-state index in [-0.39, 0.29) is 11.4 Å². The van der Waals surface area contributed by atoms with E-state index < -0.39 is 15.5 Å². The van der Waals surface area contributed by atoms with Gasteiger partial charge in [-0.05, 0) is 30.7 Å². The maximum Gasteiger partial charge on any atom is 0.143 e. The van der Waals surface area contributed by atoms with Crippen molar-refractivity contribution in [2.24, 2.45) is 4.36 Å². The lowest BCUT2D eigenvalue weighted by Gasteiger charge is -2.18. The molecular formula is C17H14ClFN4O2S. The van der Waals surface area contributed by atoms with Gasteiger partial charge in [-0.3, -0.25) is 0 Å². The highest BCUT2D eigenvalue weighted by atomic mass is 35.5. The van der Waals surface area contributed by atoms with Crippen LogP contribution in [0.25, 0.3) is 10.9 Å². The summed E-state index contributed by atoms with van der Waals surface area (Å²) in [5, 5.41) is 13.7. The molecule has 0 amide bonds. The monoisotopic (exact) mass is 392 g/mol. The van der Waals surface area contributed by atoms with Gasteiger partial charge in [0.15, 0.2) is 0 Å². The SMILES string of the molecule is O=S1(=Nc2cc(Cl)c3c(Nc4ccc(F)cc4O)ncnc3c2)CCC1. The number of nitrogens with one attached hydrogen (secondary N) is 1. The molecule has 0 unspecified atom stereocenters. The summed E-state index contributed by atoms with van der Waals surface area (Å²) in [6, 6.07) is 6.94. The Morgan fingerprint density at radius 2 is 2.04 bits per heavy atom. The average Bonchev–Trinajstić information content (AvgIpc) is 2.56. The lowest BCUT2D eigenvalue weighted by Crippen LogP contribution is -2.22. The third kappa shape index (κ3) is 3.17. The molecule has 3 aromatic rings. The smallest absolute Gasteiger partial charge is 0.143 e. The second kappa shape index (κ2) is 6.37. The van der Waals surface area contributed by atoms with Crippen molar-refractivity contribution in [2.75, 3.05) is 16.8 Å². The van der Waals surface area contributed by atoms with Crippen molar-refractivity contribution < 1.29 is 13.7 Å². The van der Waals surface area contributed by atoms with Crippen LogP contribution < -0.4 is 5.32 Å². The maximum absolute atomic E-state index is 13.1. The van der Waals surface area contributed by atoms with E-state index in [1.807, 2.05) is 0 Å². The zero-order valence-electron chi connectivity index (χ0n) is 13.4. The van der Waals surface area contributed by atoms with Crippen molar-refractivity contribution in [1.29, 1.82) is 0 Å². The summed E-state index contributed by atoms with van der Waals surface area (Å²) in [5.74, 6) is 0.768. The molecule has 26 heavy (non-hydrogen) atoms. The molecule has 1 fully saturated rings. The van der Waals surface area contributed by atoms with Gasteiger partial charge in [0.25, 0.3) is 0 Å². The molecule has 0 saturated carbocycles. The summed E-state index contributed by atoms with van der Waals surface area (Å²) < 4.78 is 29.8. The van der Waals surface area contributed by atoms with Gasteiger partial charge in [0.2, 0.25) is 0 Å². The second-order valence-corrected chi connectivity index (χ2v) is 8.91. The van der Waals surface area contributed by atoms with Crippen LogP contribution >= 0.6 is 11.6 Å². The van der Waals surface area contributed by atoms with Crippen LogP contribution in [-0.2, 0) is 9.73 Å². The van der Waals surface area contributed by atoms with Crippen molar-refractivity contribution in [3.63, 3.8) is 0 Å². The van der Waals surface area contributed by atoms with E-state index in [0.29, 0.717) is 38.9 Å². The zero-order chi connectivity index (χ0) is 18.3. The van der Waals surface area contributed by atoms with Crippen LogP contribution in [0.1, 0.15) is 6.42 Å². The van der Waals surface area contributed by atoms with Gasteiger partial charge in [-0.2, -0.15) is 4.36 Å². The standard InChI is InChI=1S/C17H14ClFN4O2S/c18-12-7-11(23-26(25)4-1-5-26)8-14-16(12)17(21-9-20-14)22-13-3-2-10(19)6-15(13)24/h2-3,6-9,24H,1,4-5H2,(H,20,21,22). The number of phenols is 1. The van der Waals surface area contributed by atoms with Gasteiger partial charge in [-0.1, -0.05) is 11.6 Å². The Balaban J connectivity index is 1.79. The van der Waals surface area contributed by atoms with Crippen LogP contribution in [-0.4, -0.2) is 30.8 Å². The number of phenolic OH excluding ortho intramolecular Hbond substituents is 1. The first kappa shape index (κ1) is 17.0. The highest BCUT2D eigenvalue weighted by molar-refractivity contribution is 7.95. The molecule has 6 nitrogen and oxygen atoms in total. The van der Waals surface area contributed by atoms with Crippen LogP contribution in [0.5, 0.6) is 5.75 Å². The Kier molecular flexibility index (Phi) is 4.16. The lowest BCUT2D eigenvalue weighted by molar-refractivity contribution is 0.471. The third-order valence-corrected chi connectivity index (χ3v) is 6.78. The highest BCUT2D eigenvalue weighted by Gasteiger charge is 2.20. The predicted molar refractivity (Wildman–Crippen MR) is 100 cm³/mol. The number of halogens is 2. The van der Waals surface area contributed by atoms with Crippen LogP contribution in [0, 0.1) is 5.82 Å². The van der Waals surface area contributed by atoms with E-state index in [9.17, 15) is 13.7 Å². The molecule has 0 atom stereocenters. The minimum Gasteiger partial charge on any atom is -0.506 e. The van der Waals surface area contributed by atoms with Gasteiger partial charge in [0, 0.05) is 17.6 Å². The Labute approximate surface area is 154 Å². The van der Waals surface area contributed by atoms with Crippen molar-refractivity contribution >= 4 is 49.4 Å². The van der Waals surface area contributed by atoms with Gasteiger partial charge >= 0.3 is 0 Å². The van der Waals surface area contributed by atoms with Crippen molar-refractivity contribution in [2.45, 2.75) is 6.42 Å². The number of aromatic nitrogens is 2. The fraction of sp³-hybridized carbons (Fsp3) is 0.176. The first-order chi connectivity index (χ1) is 12.4. The van der Waals surface area contributed by atoms with E-state index in [1.54, 1.807) is 12.1 Å². The molecule has 0 spiro atoms. The molecule has 2 heterocycles. The summed E-state index contributed by atoms with van der Waals surface area (Å²) in [4.78, 5) is 8.36. The number of nitrogens with zero attached hydrogens (tertiary/aromatic N) is 3. The molecule has 134 valence electrons. The number of hydrogen-bond acceptors (Lipinski definition) is 6. The summed E-state index contributed by atoms with van der Waals surface area (Å²) >= 11 is 6.39. The minimum absolute atomic E-state index is 0.249. The van der Waals surface area contributed by atoms with Crippen LogP contribution in [0.3, 0.4) is 0 Å². The number of fused-ring (bicyclic) bond motifs is 1. The first-order valence-electron chi connectivity index (χ1n) is 7.86. The molecule has 9 heteroatoms. The summed E-state index contributed by atoms with van der Waals surface area (Å²) in [6.07, 6.45) is 2.26. The number of rotatable bonds is 3. The molecule has 0 aliphatic carbocycles. The number of anilines is 2. The zero-order valence-corrected chi connectivity index (χ0v) is 15.0. The number of aromatic hydroxyl groups is 1. The summed E-state index contributed by atoms with van der Waals surface area (Å²) in [6.45, 7) is 0. The average molecular weight is 393 g/mol.